The van der Waals surface area contributed by atoms with E-state index in [4.69, 9.17) is 5.11 Å². The zero-order valence-electron chi connectivity index (χ0n) is 9.60. The van der Waals surface area contributed by atoms with Crippen molar-refractivity contribution in [2.75, 3.05) is 13.1 Å². The summed E-state index contributed by atoms with van der Waals surface area (Å²) in [5, 5.41) is 8.88. The van der Waals surface area contributed by atoms with Gasteiger partial charge in [-0.3, -0.25) is 9.69 Å². The lowest BCUT2D eigenvalue weighted by atomic mass is 9.97. The molecule has 0 spiro atoms. The number of carbonyl (C=O) groups is 1. The molecule has 3 nitrogen and oxygen atoms in total. The quantitative estimate of drug-likeness (QED) is 0.875. The smallest absolute Gasteiger partial charge is 0.306 e. The van der Waals surface area contributed by atoms with E-state index in [1.165, 1.54) is 6.07 Å². The molecule has 1 aromatic carbocycles. The Kier molecular flexibility index (Phi) is 3.74. The van der Waals surface area contributed by atoms with Gasteiger partial charge < -0.3 is 5.11 Å². The molecule has 92 valence electrons. The number of piperidine rings is 1. The van der Waals surface area contributed by atoms with E-state index in [0.29, 0.717) is 24.9 Å². The van der Waals surface area contributed by atoms with Crippen LogP contribution in [-0.2, 0) is 11.3 Å². The summed E-state index contributed by atoms with van der Waals surface area (Å²) in [5.41, 5.74) is 0.682. The Balaban J connectivity index is 1.90. The van der Waals surface area contributed by atoms with Crippen LogP contribution in [0.1, 0.15) is 18.4 Å². The van der Waals surface area contributed by atoms with Gasteiger partial charge in [0.2, 0.25) is 0 Å². The number of halogens is 1. The van der Waals surface area contributed by atoms with Crippen molar-refractivity contribution < 1.29 is 14.3 Å². The van der Waals surface area contributed by atoms with Crippen molar-refractivity contribution >= 4 is 5.97 Å². The Labute approximate surface area is 99.9 Å². The van der Waals surface area contributed by atoms with Crippen LogP contribution in [0.2, 0.25) is 0 Å². The fraction of sp³-hybridized carbons (Fsp3) is 0.462. The SMILES string of the molecule is O=C(O)C1CCN(Cc2ccccc2F)CC1. The zero-order chi connectivity index (χ0) is 12.3. The van der Waals surface area contributed by atoms with E-state index in [9.17, 15) is 9.18 Å². The van der Waals surface area contributed by atoms with Crippen molar-refractivity contribution in [2.24, 2.45) is 5.92 Å². The molecule has 4 heteroatoms. The molecule has 0 aromatic heterocycles. The Hall–Kier alpha value is -1.42. The summed E-state index contributed by atoms with van der Waals surface area (Å²) in [7, 11) is 0. The highest BCUT2D eigenvalue weighted by molar-refractivity contribution is 5.70. The van der Waals surface area contributed by atoms with Gasteiger partial charge in [-0.05, 0) is 32.0 Å². The fourth-order valence-corrected chi connectivity index (χ4v) is 2.21. The maximum Gasteiger partial charge on any atom is 0.306 e. The van der Waals surface area contributed by atoms with E-state index >= 15 is 0 Å². The third-order valence-electron chi connectivity index (χ3n) is 3.29. The van der Waals surface area contributed by atoms with E-state index in [-0.39, 0.29) is 11.7 Å². The second-order valence-corrected chi connectivity index (χ2v) is 4.48. The van der Waals surface area contributed by atoms with Crippen LogP contribution in [0.15, 0.2) is 24.3 Å². The molecule has 0 unspecified atom stereocenters. The highest BCUT2D eigenvalue weighted by atomic mass is 19.1. The molecular formula is C13H16FNO2. The van der Waals surface area contributed by atoms with Crippen molar-refractivity contribution in [1.29, 1.82) is 0 Å². The summed E-state index contributed by atoms with van der Waals surface area (Å²) < 4.78 is 13.4. The minimum atomic E-state index is -0.712. The van der Waals surface area contributed by atoms with Gasteiger partial charge in [0.25, 0.3) is 0 Å². The summed E-state index contributed by atoms with van der Waals surface area (Å²) in [6, 6.07) is 6.73. The third kappa shape index (κ3) is 3.03. The van der Waals surface area contributed by atoms with Crippen LogP contribution in [0.5, 0.6) is 0 Å². The van der Waals surface area contributed by atoms with Crippen molar-refractivity contribution in [2.45, 2.75) is 19.4 Å². The number of rotatable bonds is 3. The van der Waals surface area contributed by atoms with Gasteiger partial charge in [0, 0.05) is 12.1 Å². The number of hydrogen-bond acceptors (Lipinski definition) is 2. The molecule has 1 aliphatic heterocycles. The van der Waals surface area contributed by atoms with Gasteiger partial charge in [-0.2, -0.15) is 0 Å². The van der Waals surface area contributed by atoms with Crippen molar-refractivity contribution in [1.82, 2.24) is 4.90 Å². The Morgan fingerprint density at radius 1 is 1.35 bits per heavy atom. The Morgan fingerprint density at radius 2 is 2.00 bits per heavy atom. The van der Waals surface area contributed by atoms with Crippen LogP contribution in [-0.4, -0.2) is 29.1 Å². The molecular weight excluding hydrogens is 221 g/mol. The second kappa shape index (κ2) is 5.27. The number of carboxylic acids is 1. The third-order valence-corrected chi connectivity index (χ3v) is 3.29. The van der Waals surface area contributed by atoms with Gasteiger partial charge in [-0.1, -0.05) is 18.2 Å². The first-order chi connectivity index (χ1) is 8.16. The number of nitrogens with zero attached hydrogens (tertiary/aromatic N) is 1. The van der Waals surface area contributed by atoms with Crippen LogP contribution >= 0.6 is 0 Å². The minimum absolute atomic E-state index is 0.187. The molecule has 1 heterocycles. The van der Waals surface area contributed by atoms with Crippen LogP contribution in [0.25, 0.3) is 0 Å². The normalized spacial score (nSPS) is 18.2. The lowest BCUT2D eigenvalue weighted by Gasteiger charge is -2.30. The molecule has 1 aromatic rings. The highest BCUT2D eigenvalue weighted by Gasteiger charge is 2.24. The average Bonchev–Trinajstić information content (AvgIpc) is 2.33. The number of likely N-dealkylation sites (tertiary alicyclic amines) is 1. The number of aliphatic carboxylic acids is 1. The summed E-state index contributed by atoms with van der Waals surface area (Å²) in [5.74, 6) is -1.13. The van der Waals surface area contributed by atoms with Gasteiger partial charge in [0.05, 0.1) is 5.92 Å². The van der Waals surface area contributed by atoms with E-state index in [1.807, 2.05) is 6.07 Å². The van der Waals surface area contributed by atoms with Crippen molar-refractivity contribution in [3.05, 3.63) is 35.6 Å². The highest BCUT2D eigenvalue weighted by Crippen LogP contribution is 2.19. The largest absolute Gasteiger partial charge is 0.481 e. The van der Waals surface area contributed by atoms with Gasteiger partial charge in [-0.25, -0.2) is 4.39 Å². The zero-order valence-corrected chi connectivity index (χ0v) is 9.60. The molecule has 0 amide bonds. The maximum atomic E-state index is 13.4. The summed E-state index contributed by atoms with van der Waals surface area (Å²) in [6.07, 6.45) is 1.31. The monoisotopic (exact) mass is 237 g/mol. The van der Waals surface area contributed by atoms with Gasteiger partial charge in [-0.15, -0.1) is 0 Å². The number of carboxylic acid groups (broad SMARTS) is 1. The number of benzene rings is 1. The average molecular weight is 237 g/mol. The molecule has 2 rings (SSSR count). The molecule has 1 saturated heterocycles. The first-order valence-corrected chi connectivity index (χ1v) is 5.85. The predicted molar refractivity (Wildman–Crippen MR) is 62.0 cm³/mol. The fourth-order valence-electron chi connectivity index (χ4n) is 2.21. The summed E-state index contributed by atoms with van der Waals surface area (Å²) >= 11 is 0. The first kappa shape index (κ1) is 12.0. The molecule has 0 radical (unpaired) electrons. The topological polar surface area (TPSA) is 40.5 Å². The van der Waals surface area contributed by atoms with E-state index in [2.05, 4.69) is 4.90 Å². The molecule has 1 aliphatic rings. The standard InChI is InChI=1S/C13H16FNO2/c14-12-4-2-1-3-11(12)9-15-7-5-10(6-8-15)13(16)17/h1-4,10H,5-9H2,(H,16,17). The van der Waals surface area contributed by atoms with Crippen LogP contribution in [0.3, 0.4) is 0 Å². The maximum absolute atomic E-state index is 13.4. The van der Waals surface area contributed by atoms with E-state index < -0.39 is 5.97 Å². The van der Waals surface area contributed by atoms with Gasteiger partial charge >= 0.3 is 5.97 Å². The van der Waals surface area contributed by atoms with E-state index in [0.717, 1.165) is 13.1 Å². The van der Waals surface area contributed by atoms with E-state index in [1.54, 1.807) is 12.1 Å². The summed E-state index contributed by atoms with van der Waals surface area (Å²) in [6.45, 7) is 2.02. The van der Waals surface area contributed by atoms with Gasteiger partial charge in [0.1, 0.15) is 5.82 Å². The molecule has 1 fully saturated rings. The van der Waals surface area contributed by atoms with Crippen LogP contribution in [0, 0.1) is 11.7 Å². The molecule has 0 saturated carbocycles. The molecule has 1 N–H and O–H groups in total. The first-order valence-electron chi connectivity index (χ1n) is 5.85. The predicted octanol–water partition coefficient (Wildman–Crippen LogP) is 2.12. The minimum Gasteiger partial charge on any atom is -0.481 e. The molecule has 0 aliphatic carbocycles. The second-order valence-electron chi connectivity index (χ2n) is 4.48. The molecule has 0 bridgehead atoms. The summed E-state index contributed by atoms with van der Waals surface area (Å²) in [4.78, 5) is 12.9. The molecule has 17 heavy (non-hydrogen) atoms. The lowest BCUT2D eigenvalue weighted by molar-refractivity contribution is -0.143. The van der Waals surface area contributed by atoms with Crippen LogP contribution in [0.4, 0.5) is 4.39 Å². The Bertz CT molecular complexity index is 400. The lowest BCUT2D eigenvalue weighted by Crippen LogP contribution is -2.36. The van der Waals surface area contributed by atoms with Gasteiger partial charge in [0.15, 0.2) is 0 Å². The number of hydrogen-bond donors (Lipinski definition) is 1. The van der Waals surface area contributed by atoms with Crippen molar-refractivity contribution in [3.8, 4) is 0 Å². The van der Waals surface area contributed by atoms with Crippen LogP contribution < -0.4 is 0 Å². The molecule has 0 atom stereocenters. The van der Waals surface area contributed by atoms with Crippen molar-refractivity contribution in [3.63, 3.8) is 0 Å². The Morgan fingerprint density at radius 3 is 2.59 bits per heavy atom.